The maximum Gasteiger partial charge on any atom is 0.220 e. The van der Waals surface area contributed by atoms with Crippen LogP contribution in [-0.2, 0) is 4.79 Å². The van der Waals surface area contributed by atoms with E-state index in [9.17, 15) is 4.79 Å². The number of amides is 1. The molecule has 0 radical (unpaired) electrons. The molecule has 6 heteroatoms. The zero-order valence-corrected chi connectivity index (χ0v) is 16.8. The van der Waals surface area contributed by atoms with E-state index in [1.807, 2.05) is 55.5 Å². The van der Waals surface area contributed by atoms with Crippen LogP contribution in [0, 0.1) is 0 Å². The highest BCUT2D eigenvalue weighted by atomic mass is 79.9. The molecular formula is C19H24BrClN2O2. The Bertz CT molecular complexity index is 680. The van der Waals surface area contributed by atoms with E-state index in [2.05, 4.69) is 21.2 Å². The van der Waals surface area contributed by atoms with Crippen molar-refractivity contribution in [1.82, 2.24) is 5.32 Å². The summed E-state index contributed by atoms with van der Waals surface area (Å²) in [6, 6.07) is 15.5. The summed E-state index contributed by atoms with van der Waals surface area (Å²) in [5.74, 6) is 0.752. The average molecular weight is 428 g/mol. The predicted octanol–water partition coefficient (Wildman–Crippen LogP) is 4.21. The van der Waals surface area contributed by atoms with Gasteiger partial charge in [0.05, 0.1) is 17.6 Å². The predicted molar refractivity (Wildman–Crippen MR) is 107 cm³/mol. The van der Waals surface area contributed by atoms with Crippen LogP contribution < -0.4 is 15.8 Å². The highest BCUT2D eigenvalue weighted by Crippen LogP contribution is 2.30. The van der Waals surface area contributed by atoms with E-state index in [0.29, 0.717) is 12.8 Å². The van der Waals surface area contributed by atoms with Crippen LogP contribution in [0.15, 0.2) is 53.0 Å². The SMILES string of the molecule is COc1ccc(C(NC(=O)CCC(C)N)c2ccccc2)cc1Br.Cl. The number of nitrogens with two attached hydrogens (primary N) is 1. The van der Waals surface area contributed by atoms with E-state index in [1.54, 1.807) is 7.11 Å². The first-order valence-corrected chi connectivity index (χ1v) is 8.74. The van der Waals surface area contributed by atoms with Gasteiger partial charge < -0.3 is 15.8 Å². The Labute approximate surface area is 163 Å². The van der Waals surface area contributed by atoms with Crippen molar-refractivity contribution in [1.29, 1.82) is 0 Å². The Hall–Kier alpha value is -1.56. The molecule has 3 N–H and O–H groups in total. The van der Waals surface area contributed by atoms with Gasteiger partial charge in [0.25, 0.3) is 0 Å². The first-order valence-electron chi connectivity index (χ1n) is 7.94. The molecule has 0 aliphatic carbocycles. The summed E-state index contributed by atoms with van der Waals surface area (Å²) < 4.78 is 6.14. The van der Waals surface area contributed by atoms with Gasteiger partial charge in [-0.05, 0) is 52.5 Å². The second-order valence-corrected chi connectivity index (χ2v) is 6.68. The Morgan fingerprint density at radius 3 is 2.44 bits per heavy atom. The van der Waals surface area contributed by atoms with Crippen molar-refractivity contribution in [3.63, 3.8) is 0 Å². The van der Waals surface area contributed by atoms with Crippen molar-refractivity contribution in [2.45, 2.75) is 31.8 Å². The molecule has 2 aromatic carbocycles. The molecule has 1 amide bonds. The van der Waals surface area contributed by atoms with Crippen molar-refractivity contribution in [3.05, 3.63) is 64.1 Å². The van der Waals surface area contributed by atoms with Gasteiger partial charge in [0.2, 0.25) is 5.91 Å². The molecule has 0 fully saturated rings. The van der Waals surface area contributed by atoms with Crippen molar-refractivity contribution in [3.8, 4) is 5.75 Å². The molecule has 2 atom stereocenters. The first kappa shape index (κ1) is 21.5. The van der Waals surface area contributed by atoms with Gasteiger partial charge in [-0.2, -0.15) is 0 Å². The number of rotatable bonds is 7. The largest absolute Gasteiger partial charge is 0.496 e. The Kier molecular flexibility index (Phi) is 8.97. The smallest absolute Gasteiger partial charge is 0.220 e. The van der Waals surface area contributed by atoms with Crippen LogP contribution in [0.25, 0.3) is 0 Å². The fourth-order valence-corrected chi connectivity index (χ4v) is 3.02. The van der Waals surface area contributed by atoms with Crippen LogP contribution in [0.2, 0.25) is 0 Å². The third-order valence-electron chi connectivity index (χ3n) is 3.77. The van der Waals surface area contributed by atoms with E-state index in [1.165, 1.54) is 0 Å². The second kappa shape index (κ2) is 10.4. The fourth-order valence-electron chi connectivity index (χ4n) is 2.46. The summed E-state index contributed by atoms with van der Waals surface area (Å²) in [7, 11) is 1.63. The normalized spacial score (nSPS) is 12.6. The second-order valence-electron chi connectivity index (χ2n) is 5.82. The van der Waals surface area contributed by atoms with Gasteiger partial charge in [0.1, 0.15) is 5.75 Å². The number of halogens is 2. The maximum atomic E-state index is 12.3. The maximum absolute atomic E-state index is 12.3. The van der Waals surface area contributed by atoms with E-state index in [4.69, 9.17) is 10.5 Å². The summed E-state index contributed by atoms with van der Waals surface area (Å²) in [6.07, 6.45) is 1.08. The zero-order valence-electron chi connectivity index (χ0n) is 14.4. The van der Waals surface area contributed by atoms with Crippen molar-refractivity contribution >= 4 is 34.2 Å². The summed E-state index contributed by atoms with van der Waals surface area (Å²) >= 11 is 3.51. The lowest BCUT2D eigenvalue weighted by Crippen LogP contribution is -2.30. The topological polar surface area (TPSA) is 64.3 Å². The molecule has 0 heterocycles. The molecule has 4 nitrogen and oxygen atoms in total. The van der Waals surface area contributed by atoms with E-state index < -0.39 is 0 Å². The number of ether oxygens (including phenoxy) is 1. The first-order chi connectivity index (χ1) is 11.5. The lowest BCUT2D eigenvalue weighted by molar-refractivity contribution is -0.121. The minimum absolute atomic E-state index is 0. The molecular weight excluding hydrogens is 404 g/mol. The molecule has 2 unspecified atom stereocenters. The number of nitrogens with one attached hydrogen (secondary N) is 1. The van der Waals surface area contributed by atoms with Gasteiger partial charge in [0.15, 0.2) is 0 Å². The van der Waals surface area contributed by atoms with Gasteiger partial charge >= 0.3 is 0 Å². The monoisotopic (exact) mass is 426 g/mol. The number of methoxy groups -OCH3 is 1. The van der Waals surface area contributed by atoms with Crippen LogP contribution in [0.4, 0.5) is 0 Å². The number of carbonyl (C=O) groups excluding carboxylic acids is 1. The van der Waals surface area contributed by atoms with E-state index in [-0.39, 0.29) is 30.4 Å². The van der Waals surface area contributed by atoms with Gasteiger partial charge in [0, 0.05) is 12.5 Å². The van der Waals surface area contributed by atoms with E-state index in [0.717, 1.165) is 21.3 Å². The fraction of sp³-hybridized carbons (Fsp3) is 0.316. The van der Waals surface area contributed by atoms with Gasteiger partial charge in [-0.25, -0.2) is 0 Å². The van der Waals surface area contributed by atoms with Gasteiger partial charge in [-0.3, -0.25) is 4.79 Å². The Balaban J connectivity index is 0.00000312. The quantitative estimate of drug-likeness (QED) is 0.695. The molecule has 0 bridgehead atoms. The highest BCUT2D eigenvalue weighted by molar-refractivity contribution is 9.10. The molecule has 0 saturated heterocycles. The summed E-state index contributed by atoms with van der Waals surface area (Å²) in [6.45, 7) is 1.91. The van der Waals surface area contributed by atoms with Crippen LogP contribution in [0.5, 0.6) is 5.75 Å². The van der Waals surface area contributed by atoms with Crippen molar-refractivity contribution < 1.29 is 9.53 Å². The van der Waals surface area contributed by atoms with Crippen LogP contribution >= 0.6 is 28.3 Å². The molecule has 136 valence electrons. The molecule has 0 saturated carbocycles. The van der Waals surface area contributed by atoms with E-state index >= 15 is 0 Å². The van der Waals surface area contributed by atoms with Crippen LogP contribution in [-0.4, -0.2) is 19.1 Å². The number of carbonyl (C=O) groups is 1. The summed E-state index contributed by atoms with van der Waals surface area (Å²) in [5.41, 5.74) is 7.77. The zero-order chi connectivity index (χ0) is 17.5. The molecule has 2 aromatic rings. The molecule has 2 rings (SSSR count). The standard InChI is InChI=1S/C19H23BrN2O2.ClH/c1-13(21)8-11-18(23)22-19(14-6-4-3-5-7-14)15-9-10-17(24-2)16(20)12-15;/h3-7,9-10,12-13,19H,8,11,21H2,1-2H3,(H,22,23);1H. The van der Waals surface area contributed by atoms with Crippen LogP contribution in [0.3, 0.4) is 0 Å². The number of benzene rings is 2. The van der Waals surface area contributed by atoms with Crippen molar-refractivity contribution in [2.75, 3.05) is 7.11 Å². The van der Waals surface area contributed by atoms with Gasteiger partial charge in [-0.1, -0.05) is 36.4 Å². The molecule has 0 spiro atoms. The molecule has 0 aliphatic heterocycles. The van der Waals surface area contributed by atoms with Crippen LogP contribution in [0.1, 0.15) is 36.9 Å². The minimum Gasteiger partial charge on any atom is -0.496 e. The number of hydrogen-bond donors (Lipinski definition) is 2. The average Bonchev–Trinajstić information content (AvgIpc) is 2.58. The van der Waals surface area contributed by atoms with Crippen molar-refractivity contribution in [2.24, 2.45) is 5.73 Å². The molecule has 25 heavy (non-hydrogen) atoms. The molecule has 0 aliphatic rings. The highest BCUT2D eigenvalue weighted by Gasteiger charge is 2.18. The molecule has 0 aromatic heterocycles. The summed E-state index contributed by atoms with van der Waals surface area (Å²) in [5, 5.41) is 3.11. The van der Waals surface area contributed by atoms with Gasteiger partial charge in [-0.15, -0.1) is 12.4 Å². The Morgan fingerprint density at radius 1 is 1.20 bits per heavy atom. The summed E-state index contributed by atoms with van der Waals surface area (Å²) in [4.78, 5) is 12.3. The number of hydrogen-bond acceptors (Lipinski definition) is 3. The lowest BCUT2D eigenvalue weighted by Gasteiger charge is -2.21. The third-order valence-corrected chi connectivity index (χ3v) is 4.39. The lowest BCUT2D eigenvalue weighted by atomic mass is 9.98. The minimum atomic E-state index is -0.214. The third kappa shape index (κ3) is 6.34. The Morgan fingerprint density at radius 2 is 1.88 bits per heavy atom.